The normalized spacial score (nSPS) is 12.6. The van der Waals surface area contributed by atoms with Crippen LogP contribution in [0.5, 0.6) is 0 Å². The molecule has 0 aliphatic carbocycles. The number of ether oxygens (including phenoxy) is 1. The van der Waals surface area contributed by atoms with E-state index in [0.29, 0.717) is 32.5 Å². The molecule has 2 aromatic carbocycles. The van der Waals surface area contributed by atoms with Crippen molar-refractivity contribution in [1.29, 1.82) is 0 Å². The van der Waals surface area contributed by atoms with Crippen LogP contribution in [0.2, 0.25) is 0 Å². The van der Waals surface area contributed by atoms with Crippen molar-refractivity contribution < 1.29 is 44.0 Å². The minimum absolute atomic E-state index is 0.0364. The number of hydrogen-bond donors (Lipinski definition) is 5. The standard InChI is InChI=1S/C33H47N5O9/c1-3-37(16-15-36(2)19-30(40)41)18-28(38(20-31(42)43)21-32(44)45)33(46)35-17-25-9-11-26(12-10-25)22-47-23-29(39)27(34)14-13-24-7-5-4-6-8-24/h4-12,27-28H,3,13-23,34H2,1-2H3,(H,35,46)(H,40,41)(H,42,43)(H,44,45)/t27-,28-/m1/s1. The number of nitrogens with zero attached hydrogens (tertiary/aromatic N) is 3. The summed E-state index contributed by atoms with van der Waals surface area (Å²) < 4.78 is 5.58. The number of nitrogens with one attached hydrogen (secondary N) is 1. The van der Waals surface area contributed by atoms with Gasteiger partial charge in [-0.25, -0.2) is 0 Å². The first-order valence-electron chi connectivity index (χ1n) is 15.4. The Kier molecular flexibility index (Phi) is 17.3. The number of benzene rings is 2. The van der Waals surface area contributed by atoms with Gasteiger partial charge in [0, 0.05) is 26.2 Å². The molecule has 14 nitrogen and oxygen atoms in total. The molecule has 0 aromatic heterocycles. The Hall–Kier alpha value is -4.21. The third kappa shape index (κ3) is 15.8. The van der Waals surface area contributed by atoms with Gasteiger partial charge < -0.3 is 36.0 Å². The summed E-state index contributed by atoms with van der Waals surface area (Å²) in [5, 5.41) is 30.6. The van der Waals surface area contributed by atoms with Crippen LogP contribution in [0.15, 0.2) is 54.6 Å². The molecule has 1 amide bonds. The van der Waals surface area contributed by atoms with Gasteiger partial charge in [0.15, 0.2) is 5.78 Å². The average Bonchev–Trinajstić information content (AvgIpc) is 3.02. The van der Waals surface area contributed by atoms with Crippen LogP contribution in [0.25, 0.3) is 0 Å². The van der Waals surface area contributed by atoms with E-state index in [1.807, 2.05) is 42.2 Å². The van der Waals surface area contributed by atoms with Crippen LogP contribution in [0.3, 0.4) is 0 Å². The molecule has 47 heavy (non-hydrogen) atoms. The van der Waals surface area contributed by atoms with E-state index in [2.05, 4.69) is 5.32 Å². The van der Waals surface area contributed by atoms with E-state index in [4.69, 9.17) is 15.6 Å². The first-order valence-corrected chi connectivity index (χ1v) is 15.4. The van der Waals surface area contributed by atoms with Gasteiger partial charge in [-0.1, -0.05) is 61.5 Å². The van der Waals surface area contributed by atoms with Crippen LogP contribution in [-0.4, -0.2) is 131 Å². The predicted octanol–water partition coefficient (Wildman–Crippen LogP) is 0.527. The Morgan fingerprint density at radius 3 is 2.00 bits per heavy atom. The largest absolute Gasteiger partial charge is 0.480 e. The number of likely N-dealkylation sites (N-methyl/N-ethyl adjacent to an activating group) is 2. The maximum Gasteiger partial charge on any atom is 0.317 e. The molecule has 2 atom stereocenters. The quantitative estimate of drug-likeness (QED) is 0.105. The van der Waals surface area contributed by atoms with Crippen LogP contribution in [0.4, 0.5) is 0 Å². The fourth-order valence-electron chi connectivity index (χ4n) is 4.80. The fourth-order valence-corrected chi connectivity index (χ4v) is 4.80. The van der Waals surface area contributed by atoms with Crippen molar-refractivity contribution >= 4 is 29.6 Å². The fraction of sp³-hybridized carbons (Fsp3) is 0.485. The highest BCUT2D eigenvalue weighted by molar-refractivity contribution is 5.85. The number of carbonyl (C=O) groups excluding carboxylic acids is 2. The molecular weight excluding hydrogens is 610 g/mol. The molecule has 0 heterocycles. The Morgan fingerprint density at radius 1 is 0.830 bits per heavy atom. The molecule has 0 aliphatic rings. The highest BCUT2D eigenvalue weighted by Gasteiger charge is 2.31. The molecule has 2 aromatic rings. The van der Waals surface area contributed by atoms with Gasteiger partial charge in [0.2, 0.25) is 5.91 Å². The van der Waals surface area contributed by atoms with Crippen molar-refractivity contribution in [3.8, 4) is 0 Å². The Bertz CT molecular complexity index is 1280. The zero-order chi connectivity index (χ0) is 34.8. The molecule has 0 fully saturated rings. The van der Waals surface area contributed by atoms with Gasteiger partial charge in [-0.3, -0.25) is 33.8 Å². The highest BCUT2D eigenvalue weighted by Crippen LogP contribution is 2.10. The number of aryl methyl sites for hydroxylation is 1. The van der Waals surface area contributed by atoms with Crippen LogP contribution in [0, 0.1) is 0 Å². The second-order valence-electron chi connectivity index (χ2n) is 11.4. The van der Waals surface area contributed by atoms with E-state index in [1.54, 1.807) is 36.2 Å². The molecule has 0 unspecified atom stereocenters. The Morgan fingerprint density at radius 2 is 1.43 bits per heavy atom. The number of hydrogen-bond acceptors (Lipinski definition) is 10. The molecule has 6 N–H and O–H groups in total. The minimum atomic E-state index is -1.28. The number of nitrogens with two attached hydrogens (primary N) is 1. The van der Waals surface area contributed by atoms with E-state index in [-0.39, 0.29) is 38.6 Å². The molecule has 0 radical (unpaired) electrons. The van der Waals surface area contributed by atoms with Gasteiger partial charge in [-0.2, -0.15) is 0 Å². The van der Waals surface area contributed by atoms with Gasteiger partial charge >= 0.3 is 17.9 Å². The van der Waals surface area contributed by atoms with Crippen LogP contribution in [-0.2, 0) is 48.3 Å². The molecule has 0 saturated carbocycles. The summed E-state index contributed by atoms with van der Waals surface area (Å²) in [4.78, 5) is 64.4. The van der Waals surface area contributed by atoms with Crippen molar-refractivity contribution in [1.82, 2.24) is 20.0 Å². The maximum absolute atomic E-state index is 13.4. The van der Waals surface area contributed by atoms with Crippen molar-refractivity contribution in [2.45, 2.75) is 45.0 Å². The van der Waals surface area contributed by atoms with Crippen molar-refractivity contribution in [2.24, 2.45) is 5.73 Å². The maximum atomic E-state index is 13.4. The number of Topliss-reactive ketones (excluding diaryl/α,β-unsaturated/α-hetero) is 1. The summed E-state index contributed by atoms with van der Waals surface area (Å²) in [6, 6.07) is 15.2. The number of aliphatic carboxylic acids is 3. The number of carboxylic acids is 3. The minimum Gasteiger partial charge on any atom is -0.480 e. The summed E-state index contributed by atoms with van der Waals surface area (Å²) in [6.07, 6.45) is 1.23. The van der Waals surface area contributed by atoms with Crippen LogP contribution >= 0.6 is 0 Å². The first-order chi connectivity index (χ1) is 22.4. The number of carbonyl (C=O) groups is 5. The summed E-state index contributed by atoms with van der Waals surface area (Å²) in [5.41, 5.74) is 8.70. The molecular formula is C33H47N5O9. The SMILES string of the molecule is CCN(CCN(C)CC(=O)O)C[C@H](C(=O)NCc1ccc(COCC(=O)[C@H](N)CCc2ccccc2)cc1)N(CC(=O)O)CC(=O)O. The van der Waals surface area contributed by atoms with Gasteiger partial charge in [-0.05, 0) is 43.1 Å². The average molecular weight is 658 g/mol. The van der Waals surface area contributed by atoms with Crippen molar-refractivity contribution in [3.63, 3.8) is 0 Å². The van der Waals surface area contributed by atoms with Gasteiger partial charge in [-0.15, -0.1) is 0 Å². The highest BCUT2D eigenvalue weighted by atomic mass is 16.5. The summed E-state index contributed by atoms with van der Waals surface area (Å²) in [6.45, 7) is 1.80. The lowest BCUT2D eigenvalue weighted by Crippen LogP contribution is -2.55. The molecule has 0 saturated heterocycles. The number of ketones is 1. The summed E-state index contributed by atoms with van der Waals surface area (Å²) in [5.74, 6) is -4.25. The third-order valence-corrected chi connectivity index (χ3v) is 7.50. The van der Waals surface area contributed by atoms with Gasteiger partial charge in [0.25, 0.3) is 0 Å². The van der Waals surface area contributed by atoms with Crippen molar-refractivity contribution in [2.75, 3.05) is 59.5 Å². The number of amides is 1. The zero-order valence-electron chi connectivity index (χ0n) is 27.0. The molecule has 0 bridgehead atoms. The first kappa shape index (κ1) is 39.0. The van der Waals surface area contributed by atoms with E-state index in [0.717, 1.165) is 21.6 Å². The van der Waals surface area contributed by atoms with E-state index >= 15 is 0 Å². The number of carboxylic acid groups (broad SMARTS) is 3. The van der Waals surface area contributed by atoms with Gasteiger partial charge in [0.05, 0.1) is 32.3 Å². The second kappa shape index (κ2) is 20.8. The monoisotopic (exact) mass is 657 g/mol. The lowest BCUT2D eigenvalue weighted by atomic mass is 10.0. The molecule has 14 heteroatoms. The third-order valence-electron chi connectivity index (χ3n) is 7.50. The smallest absolute Gasteiger partial charge is 0.317 e. The van der Waals surface area contributed by atoms with Gasteiger partial charge in [0.1, 0.15) is 12.6 Å². The Labute approximate surface area is 275 Å². The molecule has 258 valence electrons. The van der Waals surface area contributed by atoms with E-state index < -0.39 is 49.0 Å². The molecule has 2 rings (SSSR count). The van der Waals surface area contributed by atoms with E-state index in [9.17, 15) is 34.2 Å². The second-order valence-corrected chi connectivity index (χ2v) is 11.4. The molecule has 0 spiro atoms. The lowest BCUT2D eigenvalue weighted by Gasteiger charge is -2.33. The topological polar surface area (TPSA) is 203 Å². The van der Waals surface area contributed by atoms with Crippen molar-refractivity contribution in [3.05, 3.63) is 71.3 Å². The number of rotatable bonds is 24. The predicted molar refractivity (Wildman–Crippen MR) is 174 cm³/mol. The summed E-state index contributed by atoms with van der Waals surface area (Å²) >= 11 is 0. The zero-order valence-corrected chi connectivity index (χ0v) is 27.0. The summed E-state index contributed by atoms with van der Waals surface area (Å²) in [7, 11) is 1.65. The lowest BCUT2D eigenvalue weighted by molar-refractivity contribution is -0.144. The molecule has 0 aliphatic heterocycles. The Balaban J connectivity index is 1.95. The van der Waals surface area contributed by atoms with Crippen LogP contribution in [0.1, 0.15) is 30.0 Å². The van der Waals surface area contributed by atoms with E-state index in [1.165, 1.54) is 0 Å². The van der Waals surface area contributed by atoms with Crippen LogP contribution < -0.4 is 11.1 Å².